The number of nitrogens with zero attached hydrogens (tertiary/aromatic N) is 3. The van der Waals surface area contributed by atoms with Crippen LogP contribution in [0.3, 0.4) is 0 Å². The second-order valence-electron chi connectivity index (χ2n) is 9.60. The Morgan fingerprint density at radius 1 is 1.46 bits per heavy atom. The van der Waals surface area contributed by atoms with Crippen LogP contribution in [0.1, 0.15) is 46.1 Å². The SMILES string of the molecule is CC(C)(C)[Si](C)(C)OC[C@]12CC[C@H](n3cnc4c(=O)[nH]c(N)nc43)[C@H]1C2. The van der Waals surface area contributed by atoms with Gasteiger partial charge in [-0.25, -0.2) is 4.98 Å². The topological polar surface area (TPSA) is 98.8 Å². The van der Waals surface area contributed by atoms with E-state index in [0.717, 1.165) is 19.4 Å². The van der Waals surface area contributed by atoms with E-state index in [1.54, 1.807) is 6.33 Å². The quantitative estimate of drug-likeness (QED) is 0.800. The average molecular weight is 376 g/mol. The Kier molecular flexibility index (Phi) is 3.69. The van der Waals surface area contributed by atoms with Gasteiger partial charge in [-0.3, -0.25) is 9.78 Å². The van der Waals surface area contributed by atoms with E-state index in [2.05, 4.69) is 53.4 Å². The first kappa shape index (κ1) is 17.7. The molecule has 0 bridgehead atoms. The lowest BCUT2D eigenvalue weighted by atomic mass is 10.1. The molecule has 0 aromatic carbocycles. The maximum atomic E-state index is 12.0. The monoisotopic (exact) mass is 375 g/mol. The summed E-state index contributed by atoms with van der Waals surface area (Å²) in [6.07, 6.45) is 5.17. The Balaban J connectivity index is 1.54. The third-order valence-electron chi connectivity index (χ3n) is 6.99. The number of hydrogen-bond acceptors (Lipinski definition) is 5. The van der Waals surface area contributed by atoms with Crippen LogP contribution >= 0.6 is 0 Å². The standard InChI is InChI=1S/C18H29N5O2Si/c1-17(2,3)26(4,5)25-9-18-7-6-12(11(18)8-18)23-10-20-13-14(23)21-16(19)22-15(13)24/h10-12H,6-9H2,1-5H3,(H3,19,21,22,24)/t11-,12+,18-/m1/s1. The molecule has 3 N–H and O–H groups in total. The van der Waals surface area contributed by atoms with Crippen LogP contribution in [0.15, 0.2) is 11.1 Å². The van der Waals surface area contributed by atoms with Crippen molar-refractivity contribution in [2.45, 2.75) is 64.2 Å². The van der Waals surface area contributed by atoms with Crippen LogP contribution in [0.2, 0.25) is 18.1 Å². The lowest BCUT2D eigenvalue weighted by Crippen LogP contribution is -2.42. The van der Waals surface area contributed by atoms with Crippen LogP contribution in [-0.4, -0.2) is 34.4 Å². The van der Waals surface area contributed by atoms with Crippen molar-refractivity contribution < 1.29 is 4.43 Å². The summed E-state index contributed by atoms with van der Waals surface area (Å²) in [5, 5.41) is 0.231. The van der Waals surface area contributed by atoms with Gasteiger partial charge in [-0.15, -0.1) is 0 Å². The predicted octanol–water partition coefficient (Wildman–Crippen LogP) is 3.06. The number of nitrogens with two attached hydrogens (primary N) is 1. The molecule has 2 saturated carbocycles. The maximum absolute atomic E-state index is 12.0. The zero-order valence-electron chi connectivity index (χ0n) is 16.3. The van der Waals surface area contributed by atoms with Gasteiger partial charge >= 0.3 is 0 Å². The molecular formula is C18H29N5O2Si. The predicted molar refractivity (Wildman–Crippen MR) is 105 cm³/mol. The van der Waals surface area contributed by atoms with Gasteiger partial charge < -0.3 is 14.7 Å². The fraction of sp³-hybridized carbons (Fsp3) is 0.722. The van der Waals surface area contributed by atoms with Gasteiger partial charge in [0.05, 0.1) is 6.33 Å². The molecule has 3 atom stereocenters. The van der Waals surface area contributed by atoms with E-state index in [0.29, 0.717) is 28.5 Å². The Hall–Kier alpha value is -1.67. The summed E-state index contributed by atoms with van der Waals surface area (Å²) in [7, 11) is -1.73. The van der Waals surface area contributed by atoms with E-state index < -0.39 is 8.32 Å². The highest BCUT2D eigenvalue weighted by Crippen LogP contribution is 2.68. The number of imidazole rings is 1. The average Bonchev–Trinajstić information content (AvgIpc) is 2.89. The Labute approximate surface area is 154 Å². The number of nitrogens with one attached hydrogen (secondary N) is 1. The molecule has 2 aromatic rings. The number of aromatic amines is 1. The first-order chi connectivity index (χ1) is 12.0. The van der Waals surface area contributed by atoms with E-state index in [9.17, 15) is 4.79 Å². The number of fused-ring (bicyclic) bond motifs is 2. The van der Waals surface area contributed by atoms with E-state index >= 15 is 0 Å². The Morgan fingerprint density at radius 3 is 2.85 bits per heavy atom. The third-order valence-corrected chi connectivity index (χ3v) is 11.5. The van der Waals surface area contributed by atoms with Gasteiger partial charge in [0.25, 0.3) is 5.56 Å². The Bertz CT molecular complexity index is 912. The van der Waals surface area contributed by atoms with Gasteiger partial charge in [0.2, 0.25) is 5.95 Å². The van der Waals surface area contributed by atoms with E-state index in [1.165, 1.54) is 6.42 Å². The highest BCUT2D eigenvalue weighted by atomic mass is 28.4. The number of nitrogen functional groups attached to an aromatic ring is 1. The fourth-order valence-electron chi connectivity index (χ4n) is 4.14. The lowest BCUT2D eigenvalue weighted by molar-refractivity contribution is 0.207. The molecule has 0 unspecified atom stereocenters. The highest BCUT2D eigenvalue weighted by Gasteiger charge is 2.62. The minimum atomic E-state index is -1.73. The van der Waals surface area contributed by atoms with E-state index in [-0.39, 0.29) is 16.5 Å². The first-order valence-electron chi connectivity index (χ1n) is 9.40. The van der Waals surface area contributed by atoms with Crippen LogP contribution in [0, 0.1) is 11.3 Å². The van der Waals surface area contributed by atoms with E-state index in [4.69, 9.17) is 10.2 Å². The van der Waals surface area contributed by atoms with Crippen molar-refractivity contribution >= 4 is 25.4 Å². The molecule has 2 heterocycles. The summed E-state index contributed by atoms with van der Waals surface area (Å²) in [5.74, 6) is 0.720. The number of hydrogen-bond donors (Lipinski definition) is 2. The minimum Gasteiger partial charge on any atom is -0.416 e. The zero-order chi connectivity index (χ0) is 18.9. The summed E-state index contributed by atoms with van der Waals surface area (Å²) in [5.41, 5.74) is 6.73. The highest BCUT2D eigenvalue weighted by molar-refractivity contribution is 6.74. The fourth-order valence-corrected chi connectivity index (χ4v) is 5.23. The molecule has 0 radical (unpaired) electrons. The normalized spacial score (nSPS) is 28.5. The first-order valence-corrected chi connectivity index (χ1v) is 12.3. The van der Waals surface area contributed by atoms with Crippen LogP contribution in [0.25, 0.3) is 11.2 Å². The van der Waals surface area contributed by atoms with Crippen molar-refractivity contribution in [1.29, 1.82) is 0 Å². The molecule has 26 heavy (non-hydrogen) atoms. The molecule has 142 valence electrons. The summed E-state index contributed by atoms with van der Waals surface area (Å²) in [6, 6.07) is 0.330. The smallest absolute Gasteiger partial charge is 0.280 e. The maximum Gasteiger partial charge on any atom is 0.280 e. The summed E-state index contributed by atoms with van der Waals surface area (Å²) >= 11 is 0. The largest absolute Gasteiger partial charge is 0.416 e. The molecule has 0 aliphatic heterocycles. The van der Waals surface area contributed by atoms with Gasteiger partial charge in [-0.05, 0) is 48.7 Å². The zero-order valence-corrected chi connectivity index (χ0v) is 17.3. The third kappa shape index (κ3) is 2.61. The van der Waals surface area contributed by atoms with Gasteiger partial charge in [0.1, 0.15) is 0 Å². The van der Waals surface area contributed by atoms with Gasteiger partial charge in [-0.2, -0.15) is 4.98 Å². The molecule has 2 aromatic heterocycles. The molecule has 8 heteroatoms. The van der Waals surface area contributed by atoms with Crippen LogP contribution < -0.4 is 11.3 Å². The van der Waals surface area contributed by atoms with Crippen molar-refractivity contribution in [2.75, 3.05) is 12.3 Å². The molecule has 2 fully saturated rings. The van der Waals surface area contributed by atoms with Crippen LogP contribution in [0.4, 0.5) is 5.95 Å². The summed E-state index contributed by atoms with van der Waals surface area (Å²) in [6.45, 7) is 12.3. The second kappa shape index (κ2) is 5.42. The van der Waals surface area contributed by atoms with Gasteiger partial charge in [-0.1, -0.05) is 20.8 Å². The number of anilines is 1. The summed E-state index contributed by atoms with van der Waals surface area (Å²) < 4.78 is 8.60. The lowest BCUT2D eigenvalue weighted by Gasteiger charge is -2.37. The number of aromatic nitrogens is 4. The van der Waals surface area contributed by atoms with Crippen molar-refractivity contribution in [3.63, 3.8) is 0 Å². The van der Waals surface area contributed by atoms with Gasteiger partial charge in [0.15, 0.2) is 19.5 Å². The number of rotatable bonds is 4. The molecule has 0 spiro atoms. The van der Waals surface area contributed by atoms with Crippen molar-refractivity contribution in [3.8, 4) is 0 Å². The van der Waals surface area contributed by atoms with Gasteiger partial charge in [0, 0.05) is 12.6 Å². The van der Waals surface area contributed by atoms with Crippen LogP contribution in [-0.2, 0) is 4.43 Å². The summed E-state index contributed by atoms with van der Waals surface area (Å²) in [4.78, 5) is 23.1. The van der Waals surface area contributed by atoms with Crippen molar-refractivity contribution in [1.82, 2.24) is 19.5 Å². The van der Waals surface area contributed by atoms with Crippen LogP contribution in [0.5, 0.6) is 0 Å². The molecule has 7 nitrogen and oxygen atoms in total. The molecule has 0 saturated heterocycles. The second-order valence-corrected chi connectivity index (χ2v) is 14.4. The number of H-pyrrole nitrogens is 1. The molecule has 2 aliphatic rings. The van der Waals surface area contributed by atoms with Crippen molar-refractivity contribution in [3.05, 3.63) is 16.7 Å². The Morgan fingerprint density at radius 2 is 2.19 bits per heavy atom. The molecule has 0 amide bonds. The minimum absolute atomic E-state index is 0.144. The molecule has 2 aliphatic carbocycles. The molecular weight excluding hydrogens is 346 g/mol. The van der Waals surface area contributed by atoms with Crippen molar-refractivity contribution in [2.24, 2.45) is 11.3 Å². The molecule has 4 rings (SSSR count). The van der Waals surface area contributed by atoms with E-state index in [1.807, 2.05) is 0 Å².